The highest BCUT2D eigenvalue weighted by Crippen LogP contribution is 2.23. The van der Waals surface area contributed by atoms with Crippen LogP contribution < -0.4 is 10.1 Å². The van der Waals surface area contributed by atoms with Gasteiger partial charge in [-0.1, -0.05) is 12.1 Å². The second kappa shape index (κ2) is 6.90. The highest BCUT2D eigenvalue weighted by atomic mass is 32.1. The zero-order chi connectivity index (χ0) is 15.2. The first-order chi connectivity index (χ1) is 10.1. The van der Waals surface area contributed by atoms with Crippen molar-refractivity contribution in [3.05, 3.63) is 46.7 Å². The van der Waals surface area contributed by atoms with E-state index in [0.717, 1.165) is 0 Å². The molecule has 1 N–H and O–H groups in total. The molecule has 0 unspecified atom stereocenters. The van der Waals surface area contributed by atoms with Gasteiger partial charge in [0.05, 0.1) is 18.4 Å². The number of para-hydroxylation sites is 2. The summed E-state index contributed by atoms with van der Waals surface area (Å²) in [6, 6.07) is 8.67. The molecule has 0 fully saturated rings. The lowest BCUT2D eigenvalue weighted by Gasteiger charge is -2.14. The van der Waals surface area contributed by atoms with E-state index in [2.05, 4.69) is 5.32 Å². The first-order valence-corrected chi connectivity index (χ1v) is 7.23. The van der Waals surface area contributed by atoms with E-state index in [1.165, 1.54) is 25.4 Å². The van der Waals surface area contributed by atoms with E-state index in [1.807, 2.05) is 0 Å². The molecule has 6 heteroatoms. The van der Waals surface area contributed by atoms with Crippen molar-refractivity contribution in [3.8, 4) is 5.75 Å². The number of esters is 1. The Morgan fingerprint density at radius 3 is 2.67 bits per heavy atom. The summed E-state index contributed by atoms with van der Waals surface area (Å²) in [6.07, 6.45) is -0.901. The molecule has 0 saturated heterocycles. The Morgan fingerprint density at radius 2 is 2.00 bits per heavy atom. The number of hydrogen-bond donors (Lipinski definition) is 1. The molecule has 1 atom stereocenters. The van der Waals surface area contributed by atoms with Gasteiger partial charge < -0.3 is 14.8 Å². The summed E-state index contributed by atoms with van der Waals surface area (Å²) >= 11 is 1.39. The Morgan fingerprint density at radius 1 is 1.24 bits per heavy atom. The molecule has 0 aliphatic heterocycles. The quantitative estimate of drug-likeness (QED) is 0.863. The van der Waals surface area contributed by atoms with Gasteiger partial charge in [0.15, 0.2) is 6.10 Å². The van der Waals surface area contributed by atoms with Crippen LogP contribution in [-0.2, 0) is 9.53 Å². The van der Waals surface area contributed by atoms with Crippen LogP contribution in [0.25, 0.3) is 0 Å². The van der Waals surface area contributed by atoms with Gasteiger partial charge in [-0.05, 0) is 30.5 Å². The highest BCUT2D eigenvalue weighted by molar-refractivity contribution is 7.08. The Hall–Kier alpha value is -2.34. The SMILES string of the molecule is COc1ccccc1NC(=O)[C@@H](C)OC(=O)c1ccsc1. The molecule has 0 radical (unpaired) electrons. The maximum atomic E-state index is 12.0. The van der Waals surface area contributed by atoms with Gasteiger partial charge in [0, 0.05) is 5.38 Å². The predicted molar refractivity (Wildman–Crippen MR) is 80.8 cm³/mol. The normalized spacial score (nSPS) is 11.5. The zero-order valence-electron chi connectivity index (χ0n) is 11.7. The summed E-state index contributed by atoms with van der Waals surface area (Å²) in [7, 11) is 1.52. The fraction of sp³-hybridized carbons (Fsp3) is 0.200. The van der Waals surface area contributed by atoms with Crippen molar-refractivity contribution in [1.82, 2.24) is 0 Å². The number of hydrogen-bond acceptors (Lipinski definition) is 5. The molecule has 0 bridgehead atoms. The zero-order valence-corrected chi connectivity index (χ0v) is 12.5. The fourth-order valence-electron chi connectivity index (χ4n) is 1.65. The Balaban J connectivity index is 1.98. The maximum Gasteiger partial charge on any atom is 0.339 e. The molecular weight excluding hydrogens is 290 g/mol. The number of rotatable bonds is 5. The van der Waals surface area contributed by atoms with Crippen molar-refractivity contribution in [2.45, 2.75) is 13.0 Å². The second-order valence-electron chi connectivity index (χ2n) is 4.25. The van der Waals surface area contributed by atoms with Gasteiger partial charge in [-0.25, -0.2) is 4.79 Å². The number of carbonyl (C=O) groups is 2. The van der Waals surface area contributed by atoms with Crippen molar-refractivity contribution in [3.63, 3.8) is 0 Å². The average molecular weight is 305 g/mol. The standard InChI is InChI=1S/C15H15NO4S/c1-10(20-15(18)11-7-8-21-9-11)14(17)16-12-5-3-4-6-13(12)19-2/h3-10H,1-2H3,(H,16,17)/t10-/m1/s1. The third kappa shape index (κ3) is 3.82. The van der Waals surface area contributed by atoms with Crippen LogP contribution in [0.15, 0.2) is 41.1 Å². The molecular formula is C15H15NO4S. The third-order valence-electron chi connectivity index (χ3n) is 2.77. The van der Waals surface area contributed by atoms with Crippen molar-refractivity contribution in [1.29, 1.82) is 0 Å². The summed E-state index contributed by atoms with van der Waals surface area (Å²) < 4.78 is 10.3. The Bertz CT molecular complexity index is 624. The van der Waals surface area contributed by atoms with Crippen molar-refractivity contribution >= 4 is 28.9 Å². The molecule has 21 heavy (non-hydrogen) atoms. The molecule has 1 aromatic carbocycles. The average Bonchev–Trinajstić information content (AvgIpc) is 3.02. The number of carbonyl (C=O) groups excluding carboxylic acids is 2. The lowest BCUT2D eigenvalue weighted by atomic mass is 10.2. The summed E-state index contributed by atoms with van der Waals surface area (Å²) in [5.74, 6) is -0.385. The summed E-state index contributed by atoms with van der Waals surface area (Å²) in [6.45, 7) is 1.52. The number of nitrogens with one attached hydrogen (secondary N) is 1. The Labute approximate surface area is 126 Å². The smallest absolute Gasteiger partial charge is 0.339 e. The van der Waals surface area contributed by atoms with E-state index >= 15 is 0 Å². The summed E-state index contributed by atoms with van der Waals surface area (Å²) in [5, 5.41) is 6.12. The van der Waals surface area contributed by atoms with Gasteiger partial charge >= 0.3 is 5.97 Å². The lowest BCUT2D eigenvalue weighted by Crippen LogP contribution is -2.30. The van der Waals surface area contributed by atoms with Crippen molar-refractivity contribution in [2.75, 3.05) is 12.4 Å². The van der Waals surface area contributed by atoms with Gasteiger partial charge in [-0.3, -0.25) is 4.79 Å². The van der Waals surface area contributed by atoms with E-state index in [0.29, 0.717) is 17.0 Å². The van der Waals surface area contributed by atoms with E-state index < -0.39 is 18.0 Å². The van der Waals surface area contributed by atoms with Crippen LogP contribution in [-0.4, -0.2) is 25.1 Å². The minimum Gasteiger partial charge on any atom is -0.495 e. The molecule has 0 aliphatic carbocycles. The minimum absolute atomic E-state index is 0.414. The van der Waals surface area contributed by atoms with Gasteiger partial charge in [-0.2, -0.15) is 11.3 Å². The molecule has 2 aromatic rings. The first kappa shape index (κ1) is 15.1. The molecule has 1 amide bonds. The molecule has 5 nitrogen and oxygen atoms in total. The van der Waals surface area contributed by atoms with Crippen LogP contribution in [0.4, 0.5) is 5.69 Å². The molecule has 2 rings (SSSR count). The monoisotopic (exact) mass is 305 g/mol. The third-order valence-corrected chi connectivity index (χ3v) is 3.46. The van der Waals surface area contributed by atoms with Gasteiger partial charge in [0.2, 0.25) is 0 Å². The van der Waals surface area contributed by atoms with Crippen LogP contribution >= 0.6 is 11.3 Å². The molecule has 1 heterocycles. The van der Waals surface area contributed by atoms with E-state index in [9.17, 15) is 9.59 Å². The number of anilines is 1. The van der Waals surface area contributed by atoms with Crippen LogP contribution in [0.5, 0.6) is 5.75 Å². The maximum absolute atomic E-state index is 12.0. The van der Waals surface area contributed by atoms with Crippen molar-refractivity contribution in [2.24, 2.45) is 0 Å². The minimum atomic E-state index is -0.901. The van der Waals surface area contributed by atoms with E-state index in [-0.39, 0.29) is 0 Å². The van der Waals surface area contributed by atoms with Gasteiger partial charge in [0.1, 0.15) is 5.75 Å². The van der Waals surface area contributed by atoms with Crippen LogP contribution in [0, 0.1) is 0 Å². The molecule has 0 aliphatic rings. The number of ether oxygens (including phenoxy) is 2. The summed E-state index contributed by atoms with van der Waals surface area (Å²) in [4.78, 5) is 23.8. The van der Waals surface area contributed by atoms with E-state index in [1.54, 1.807) is 41.1 Å². The van der Waals surface area contributed by atoms with Crippen molar-refractivity contribution < 1.29 is 19.1 Å². The number of benzene rings is 1. The molecule has 110 valence electrons. The highest BCUT2D eigenvalue weighted by Gasteiger charge is 2.20. The van der Waals surface area contributed by atoms with Gasteiger partial charge in [-0.15, -0.1) is 0 Å². The Kier molecular flexibility index (Phi) is 4.94. The number of amides is 1. The topological polar surface area (TPSA) is 64.6 Å². The number of methoxy groups -OCH3 is 1. The van der Waals surface area contributed by atoms with Crippen LogP contribution in [0.1, 0.15) is 17.3 Å². The van der Waals surface area contributed by atoms with Crippen LogP contribution in [0.2, 0.25) is 0 Å². The number of thiophene rings is 1. The lowest BCUT2D eigenvalue weighted by molar-refractivity contribution is -0.123. The first-order valence-electron chi connectivity index (χ1n) is 6.29. The largest absolute Gasteiger partial charge is 0.495 e. The fourth-order valence-corrected chi connectivity index (χ4v) is 2.27. The van der Waals surface area contributed by atoms with E-state index in [4.69, 9.17) is 9.47 Å². The second-order valence-corrected chi connectivity index (χ2v) is 5.03. The molecule has 0 saturated carbocycles. The van der Waals surface area contributed by atoms with Crippen LogP contribution in [0.3, 0.4) is 0 Å². The van der Waals surface area contributed by atoms with Gasteiger partial charge in [0.25, 0.3) is 5.91 Å². The molecule has 0 spiro atoms. The summed E-state index contributed by atoms with van der Waals surface area (Å²) in [5.41, 5.74) is 0.973. The predicted octanol–water partition coefficient (Wildman–Crippen LogP) is 2.94. The molecule has 1 aromatic heterocycles.